The van der Waals surface area contributed by atoms with E-state index >= 15 is 0 Å². The molecule has 0 saturated heterocycles. The average molecular weight is 213 g/mol. The van der Waals surface area contributed by atoms with Gasteiger partial charge in [-0.2, -0.15) is 0 Å². The molecule has 1 nitrogen and oxygen atoms in total. The molecule has 80 valence electrons. The maximum Gasteiger partial charge on any atom is 0.123 e. The van der Waals surface area contributed by atoms with E-state index in [-0.39, 0.29) is 5.82 Å². The van der Waals surface area contributed by atoms with E-state index in [0.717, 1.165) is 24.2 Å². The Kier molecular flexibility index (Phi) is 2.22. The molecule has 1 heterocycles. The van der Waals surface area contributed by atoms with Gasteiger partial charge in [-0.05, 0) is 40.5 Å². The van der Waals surface area contributed by atoms with Crippen LogP contribution in [0.3, 0.4) is 0 Å². The van der Waals surface area contributed by atoms with E-state index < -0.39 is 0 Å². The van der Waals surface area contributed by atoms with Gasteiger partial charge in [0.05, 0.1) is 0 Å². The Bertz CT molecular complexity index is 517. The van der Waals surface area contributed by atoms with E-state index in [4.69, 9.17) is 0 Å². The predicted octanol–water partition coefficient (Wildman–Crippen LogP) is 3.10. The van der Waals surface area contributed by atoms with Crippen LogP contribution in [0.4, 0.5) is 4.39 Å². The summed E-state index contributed by atoms with van der Waals surface area (Å²) in [6, 6.07) is 13.1. The van der Waals surface area contributed by atoms with Crippen LogP contribution in [0.2, 0.25) is 0 Å². The molecule has 16 heavy (non-hydrogen) atoms. The summed E-state index contributed by atoms with van der Waals surface area (Å²) in [4.78, 5) is 0. The van der Waals surface area contributed by atoms with Crippen LogP contribution in [0.25, 0.3) is 11.1 Å². The third-order valence-corrected chi connectivity index (χ3v) is 3.01. The molecule has 1 aliphatic rings. The van der Waals surface area contributed by atoms with Gasteiger partial charge in [0.2, 0.25) is 0 Å². The summed E-state index contributed by atoms with van der Waals surface area (Å²) in [5, 5.41) is 3.32. The second-order valence-corrected chi connectivity index (χ2v) is 4.09. The fourth-order valence-electron chi connectivity index (χ4n) is 2.12. The van der Waals surface area contributed by atoms with Crippen molar-refractivity contribution in [1.29, 1.82) is 0 Å². The van der Waals surface area contributed by atoms with Gasteiger partial charge in [-0.3, -0.25) is 0 Å². The van der Waals surface area contributed by atoms with E-state index in [1.807, 2.05) is 12.1 Å². The van der Waals surface area contributed by atoms with E-state index in [2.05, 4.69) is 23.5 Å². The highest BCUT2D eigenvalue weighted by atomic mass is 19.1. The Hall–Kier alpha value is -1.67. The minimum absolute atomic E-state index is 0.188. The molecule has 0 bridgehead atoms. The quantitative estimate of drug-likeness (QED) is 0.767. The molecular formula is C14H12FN. The number of fused-ring (bicyclic) bond motifs is 1. The lowest BCUT2D eigenvalue weighted by Crippen LogP contribution is -1.99. The Morgan fingerprint density at radius 2 is 1.50 bits per heavy atom. The molecule has 2 heteroatoms. The highest BCUT2D eigenvalue weighted by Gasteiger charge is 2.10. The van der Waals surface area contributed by atoms with Crippen LogP contribution in [0.15, 0.2) is 42.5 Å². The zero-order valence-corrected chi connectivity index (χ0v) is 8.83. The first-order valence-corrected chi connectivity index (χ1v) is 5.41. The molecule has 0 spiro atoms. The molecule has 0 fully saturated rings. The second kappa shape index (κ2) is 3.72. The highest BCUT2D eigenvalue weighted by Crippen LogP contribution is 2.25. The van der Waals surface area contributed by atoms with Crippen molar-refractivity contribution in [3.8, 4) is 11.1 Å². The van der Waals surface area contributed by atoms with Crippen LogP contribution < -0.4 is 5.32 Å². The molecule has 0 aliphatic carbocycles. The van der Waals surface area contributed by atoms with Gasteiger partial charge in [-0.25, -0.2) is 4.39 Å². The Morgan fingerprint density at radius 1 is 0.812 bits per heavy atom. The zero-order chi connectivity index (χ0) is 11.0. The van der Waals surface area contributed by atoms with Crippen molar-refractivity contribution < 1.29 is 4.39 Å². The Labute approximate surface area is 93.9 Å². The van der Waals surface area contributed by atoms with Crippen LogP contribution in [-0.2, 0) is 13.1 Å². The van der Waals surface area contributed by atoms with Gasteiger partial charge in [-0.1, -0.05) is 24.3 Å². The number of benzene rings is 2. The Morgan fingerprint density at radius 3 is 2.31 bits per heavy atom. The number of hydrogen-bond donors (Lipinski definition) is 1. The third-order valence-electron chi connectivity index (χ3n) is 3.01. The van der Waals surface area contributed by atoms with Crippen molar-refractivity contribution in [2.45, 2.75) is 13.1 Å². The predicted molar refractivity (Wildman–Crippen MR) is 62.4 cm³/mol. The Balaban J connectivity index is 2.03. The lowest BCUT2D eigenvalue weighted by Gasteiger charge is -2.04. The summed E-state index contributed by atoms with van der Waals surface area (Å²) in [5.74, 6) is -0.188. The largest absolute Gasteiger partial charge is 0.309 e. The molecule has 0 amide bonds. The first-order valence-electron chi connectivity index (χ1n) is 5.41. The van der Waals surface area contributed by atoms with Crippen LogP contribution in [-0.4, -0.2) is 0 Å². The van der Waals surface area contributed by atoms with E-state index in [1.165, 1.54) is 23.3 Å². The fourth-order valence-corrected chi connectivity index (χ4v) is 2.12. The van der Waals surface area contributed by atoms with Gasteiger partial charge in [0.25, 0.3) is 0 Å². The molecule has 1 N–H and O–H groups in total. The number of rotatable bonds is 1. The lowest BCUT2D eigenvalue weighted by atomic mass is 10.0. The molecule has 0 atom stereocenters. The van der Waals surface area contributed by atoms with Crippen LogP contribution >= 0.6 is 0 Å². The molecule has 0 aromatic heterocycles. The van der Waals surface area contributed by atoms with E-state index in [0.29, 0.717) is 0 Å². The number of halogens is 1. The van der Waals surface area contributed by atoms with Gasteiger partial charge < -0.3 is 5.32 Å². The van der Waals surface area contributed by atoms with Crippen LogP contribution in [0, 0.1) is 5.82 Å². The molecule has 2 aromatic carbocycles. The normalized spacial score (nSPS) is 13.8. The van der Waals surface area contributed by atoms with E-state index in [9.17, 15) is 4.39 Å². The average Bonchev–Trinajstić information content (AvgIpc) is 2.77. The first kappa shape index (κ1) is 9.55. The van der Waals surface area contributed by atoms with Crippen molar-refractivity contribution in [3.05, 3.63) is 59.4 Å². The maximum atomic E-state index is 12.8. The summed E-state index contributed by atoms with van der Waals surface area (Å²) < 4.78 is 12.8. The first-order chi connectivity index (χ1) is 7.83. The van der Waals surface area contributed by atoms with Gasteiger partial charge in [0, 0.05) is 13.1 Å². The highest BCUT2D eigenvalue weighted by molar-refractivity contribution is 5.65. The summed E-state index contributed by atoms with van der Waals surface area (Å²) >= 11 is 0. The number of hydrogen-bond acceptors (Lipinski definition) is 1. The molecule has 1 aliphatic heterocycles. The molecule has 3 rings (SSSR count). The maximum absolute atomic E-state index is 12.8. The van der Waals surface area contributed by atoms with Crippen LogP contribution in [0.1, 0.15) is 11.1 Å². The third kappa shape index (κ3) is 1.61. The fraction of sp³-hybridized carbons (Fsp3) is 0.143. The summed E-state index contributed by atoms with van der Waals surface area (Å²) in [6.07, 6.45) is 0. The monoisotopic (exact) mass is 213 g/mol. The topological polar surface area (TPSA) is 12.0 Å². The zero-order valence-electron chi connectivity index (χ0n) is 8.83. The molecular weight excluding hydrogens is 201 g/mol. The van der Waals surface area contributed by atoms with Crippen molar-refractivity contribution in [2.24, 2.45) is 0 Å². The summed E-state index contributed by atoms with van der Waals surface area (Å²) in [5.41, 5.74) is 4.94. The summed E-state index contributed by atoms with van der Waals surface area (Å²) in [7, 11) is 0. The number of nitrogens with one attached hydrogen (secondary N) is 1. The lowest BCUT2D eigenvalue weighted by molar-refractivity contribution is 0.628. The van der Waals surface area contributed by atoms with Crippen molar-refractivity contribution in [1.82, 2.24) is 5.32 Å². The van der Waals surface area contributed by atoms with Gasteiger partial charge in [-0.15, -0.1) is 0 Å². The minimum atomic E-state index is -0.188. The van der Waals surface area contributed by atoms with Crippen molar-refractivity contribution in [2.75, 3.05) is 0 Å². The second-order valence-electron chi connectivity index (χ2n) is 4.09. The van der Waals surface area contributed by atoms with Gasteiger partial charge in [0.15, 0.2) is 0 Å². The smallest absolute Gasteiger partial charge is 0.123 e. The molecule has 0 unspecified atom stereocenters. The molecule has 2 aromatic rings. The minimum Gasteiger partial charge on any atom is -0.309 e. The van der Waals surface area contributed by atoms with Crippen molar-refractivity contribution >= 4 is 0 Å². The standard InChI is InChI=1S/C14H12FN/c15-14-5-3-10(4-6-14)11-1-2-12-8-16-9-13(12)7-11/h1-7,16H,8-9H2. The molecule has 0 radical (unpaired) electrons. The van der Waals surface area contributed by atoms with E-state index in [1.54, 1.807) is 0 Å². The summed E-state index contributed by atoms with van der Waals surface area (Å²) in [6.45, 7) is 1.89. The van der Waals surface area contributed by atoms with Crippen molar-refractivity contribution in [3.63, 3.8) is 0 Å². The van der Waals surface area contributed by atoms with Crippen LogP contribution in [0.5, 0.6) is 0 Å². The van der Waals surface area contributed by atoms with Gasteiger partial charge >= 0.3 is 0 Å². The molecule has 0 saturated carbocycles. The SMILES string of the molecule is Fc1ccc(-c2ccc3c(c2)CNC3)cc1. The van der Waals surface area contributed by atoms with Gasteiger partial charge in [0.1, 0.15) is 5.82 Å².